The minimum Gasteiger partial charge on any atom is -0.456 e. The molecule has 3 N–H and O–H groups in total. The summed E-state index contributed by atoms with van der Waals surface area (Å²) in [5.74, 6) is 0.256. The van der Waals surface area contributed by atoms with E-state index in [0.29, 0.717) is 6.54 Å². The third-order valence-electron chi connectivity index (χ3n) is 3.52. The van der Waals surface area contributed by atoms with Gasteiger partial charge in [-0.1, -0.05) is 6.92 Å². The van der Waals surface area contributed by atoms with E-state index in [0.717, 1.165) is 31.6 Å². The SMILES string of the molecule is CCc1ccc(C(=O)N(CC(N)=O)C2CCCNC2)o1. The van der Waals surface area contributed by atoms with Crippen molar-refractivity contribution >= 4 is 11.8 Å². The van der Waals surface area contributed by atoms with Crippen LogP contribution in [0.5, 0.6) is 0 Å². The summed E-state index contributed by atoms with van der Waals surface area (Å²) in [6.45, 7) is 3.50. The van der Waals surface area contributed by atoms with E-state index < -0.39 is 5.91 Å². The fourth-order valence-electron chi connectivity index (χ4n) is 2.46. The number of primary amides is 1. The molecule has 1 aliphatic rings. The van der Waals surface area contributed by atoms with Gasteiger partial charge in [-0.2, -0.15) is 0 Å². The molecule has 0 aliphatic carbocycles. The van der Waals surface area contributed by atoms with Crippen LogP contribution >= 0.6 is 0 Å². The number of furan rings is 1. The van der Waals surface area contributed by atoms with Gasteiger partial charge in [-0.05, 0) is 31.5 Å². The van der Waals surface area contributed by atoms with Gasteiger partial charge >= 0.3 is 0 Å². The molecule has 1 aromatic heterocycles. The van der Waals surface area contributed by atoms with Crippen molar-refractivity contribution in [1.82, 2.24) is 10.2 Å². The van der Waals surface area contributed by atoms with Crippen LogP contribution in [0.1, 0.15) is 36.1 Å². The second kappa shape index (κ2) is 6.56. The van der Waals surface area contributed by atoms with Gasteiger partial charge in [-0.3, -0.25) is 9.59 Å². The normalized spacial score (nSPS) is 18.8. The van der Waals surface area contributed by atoms with Crippen molar-refractivity contribution in [2.24, 2.45) is 5.73 Å². The molecule has 1 aromatic rings. The number of rotatable bonds is 5. The van der Waals surface area contributed by atoms with Crippen molar-refractivity contribution in [2.45, 2.75) is 32.2 Å². The zero-order chi connectivity index (χ0) is 14.5. The number of aryl methyl sites for hydroxylation is 1. The second-order valence-corrected chi connectivity index (χ2v) is 5.02. The van der Waals surface area contributed by atoms with Gasteiger partial charge in [-0.15, -0.1) is 0 Å². The molecule has 1 atom stereocenters. The fourth-order valence-corrected chi connectivity index (χ4v) is 2.46. The van der Waals surface area contributed by atoms with Crippen molar-refractivity contribution in [3.63, 3.8) is 0 Å². The standard InChI is InChI=1S/C14H21N3O3/c1-2-11-5-6-12(20-11)14(19)17(9-13(15)18)10-4-3-7-16-8-10/h5-6,10,16H,2-4,7-9H2,1H3,(H2,15,18). The van der Waals surface area contributed by atoms with E-state index in [9.17, 15) is 9.59 Å². The summed E-state index contributed by atoms with van der Waals surface area (Å²) < 4.78 is 5.48. The van der Waals surface area contributed by atoms with Crippen LogP contribution in [0.2, 0.25) is 0 Å². The van der Waals surface area contributed by atoms with Gasteiger partial charge in [0.25, 0.3) is 5.91 Å². The third-order valence-corrected chi connectivity index (χ3v) is 3.52. The molecular weight excluding hydrogens is 258 g/mol. The largest absolute Gasteiger partial charge is 0.456 e. The number of nitrogens with zero attached hydrogens (tertiary/aromatic N) is 1. The summed E-state index contributed by atoms with van der Waals surface area (Å²) in [5, 5.41) is 3.23. The second-order valence-electron chi connectivity index (χ2n) is 5.02. The number of amides is 2. The molecule has 110 valence electrons. The molecule has 1 unspecified atom stereocenters. The molecule has 0 radical (unpaired) electrons. The van der Waals surface area contributed by atoms with Gasteiger partial charge in [0.1, 0.15) is 12.3 Å². The average molecular weight is 279 g/mol. The van der Waals surface area contributed by atoms with Gasteiger partial charge in [-0.25, -0.2) is 0 Å². The lowest BCUT2D eigenvalue weighted by Crippen LogP contribution is -2.51. The van der Waals surface area contributed by atoms with Crippen LogP contribution in [0.4, 0.5) is 0 Å². The van der Waals surface area contributed by atoms with Crippen LogP contribution in [0.25, 0.3) is 0 Å². The van der Waals surface area contributed by atoms with Crippen molar-refractivity contribution < 1.29 is 14.0 Å². The lowest BCUT2D eigenvalue weighted by molar-refractivity contribution is -0.119. The Morgan fingerprint density at radius 1 is 1.50 bits per heavy atom. The predicted octanol–water partition coefficient (Wildman–Crippen LogP) is 0.522. The number of hydrogen-bond acceptors (Lipinski definition) is 4. The zero-order valence-corrected chi connectivity index (χ0v) is 11.7. The monoisotopic (exact) mass is 279 g/mol. The van der Waals surface area contributed by atoms with Crippen LogP contribution in [0.15, 0.2) is 16.5 Å². The number of piperidine rings is 1. The van der Waals surface area contributed by atoms with Crippen LogP contribution in [0.3, 0.4) is 0 Å². The summed E-state index contributed by atoms with van der Waals surface area (Å²) in [6.07, 6.45) is 2.58. The molecule has 6 nitrogen and oxygen atoms in total. The third kappa shape index (κ3) is 3.39. The molecule has 20 heavy (non-hydrogen) atoms. The first kappa shape index (κ1) is 14.6. The zero-order valence-electron chi connectivity index (χ0n) is 11.7. The van der Waals surface area contributed by atoms with Gasteiger partial charge in [0, 0.05) is 19.0 Å². The highest BCUT2D eigenvalue weighted by Gasteiger charge is 2.29. The molecule has 0 spiro atoms. The summed E-state index contributed by atoms with van der Waals surface area (Å²) >= 11 is 0. The molecular formula is C14H21N3O3. The first-order chi connectivity index (χ1) is 9.61. The van der Waals surface area contributed by atoms with E-state index >= 15 is 0 Å². The number of carbonyl (C=O) groups excluding carboxylic acids is 2. The lowest BCUT2D eigenvalue weighted by atomic mass is 10.1. The molecule has 1 saturated heterocycles. The van der Waals surface area contributed by atoms with Crippen molar-refractivity contribution in [2.75, 3.05) is 19.6 Å². The smallest absolute Gasteiger partial charge is 0.290 e. The molecule has 2 rings (SSSR count). The van der Waals surface area contributed by atoms with Crippen molar-refractivity contribution in [3.8, 4) is 0 Å². The summed E-state index contributed by atoms with van der Waals surface area (Å²) in [5.41, 5.74) is 5.26. The lowest BCUT2D eigenvalue weighted by Gasteiger charge is -2.33. The van der Waals surface area contributed by atoms with Crippen molar-refractivity contribution in [1.29, 1.82) is 0 Å². The number of nitrogens with one attached hydrogen (secondary N) is 1. The minimum absolute atomic E-state index is 0.0149. The molecule has 1 aliphatic heterocycles. The minimum atomic E-state index is -0.508. The molecule has 0 aromatic carbocycles. The highest BCUT2D eigenvalue weighted by Crippen LogP contribution is 2.16. The number of nitrogens with two attached hydrogens (primary N) is 1. The Bertz CT molecular complexity index is 478. The molecule has 0 bridgehead atoms. The van der Waals surface area contributed by atoms with Crippen molar-refractivity contribution in [3.05, 3.63) is 23.7 Å². The van der Waals surface area contributed by atoms with E-state index in [1.807, 2.05) is 6.92 Å². The molecule has 2 heterocycles. The van der Waals surface area contributed by atoms with Gasteiger partial charge in [0.2, 0.25) is 5.91 Å². The van der Waals surface area contributed by atoms with Gasteiger partial charge in [0.05, 0.1) is 0 Å². The topological polar surface area (TPSA) is 88.6 Å². The van der Waals surface area contributed by atoms with E-state index in [-0.39, 0.29) is 24.3 Å². The van der Waals surface area contributed by atoms with Crippen LogP contribution < -0.4 is 11.1 Å². The maximum absolute atomic E-state index is 12.5. The molecule has 2 amide bonds. The Labute approximate surface area is 118 Å². The predicted molar refractivity (Wildman–Crippen MR) is 74.2 cm³/mol. The summed E-state index contributed by atoms with van der Waals surface area (Å²) in [7, 11) is 0. The summed E-state index contributed by atoms with van der Waals surface area (Å²) in [6, 6.07) is 3.43. The van der Waals surface area contributed by atoms with E-state index in [1.54, 1.807) is 12.1 Å². The van der Waals surface area contributed by atoms with E-state index in [1.165, 1.54) is 4.90 Å². The van der Waals surface area contributed by atoms with Gasteiger partial charge in [0.15, 0.2) is 5.76 Å². The first-order valence-electron chi connectivity index (χ1n) is 7.00. The number of carbonyl (C=O) groups is 2. The van der Waals surface area contributed by atoms with Crippen LogP contribution in [-0.4, -0.2) is 42.4 Å². The molecule has 1 fully saturated rings. The van der Waals surface area contributed by atoms with Crippen LogP contribution in [0, 0.1) is 0 Å². The molecule has 6 heteroatoms. The molecule has 0 saturated carbocycles. The number of hydrogen-bond donors (Lipinski definition) is 2. The highest BCUT2D eigenvalue weighted by molar-refractivity contribution is 5.94. The Balaban J connectivity index is 2.16. The maximum Gasteiger partial charge on any atom is 0.290 e. The van der Waals surface area contributed by atoms with E-state index in [4.69, 9.17) is 10.2 Å². The Morgan fingerprint density at radius 3 is 2.85 bits per heavy atom. The average Bonchev–Trinajstić information content (AvgIpc) is 2.94. The van der Waals surface area contributed by atoms with E-state index in [2.05, 4.69) is 5.32 Å². The highest BCUT2D eigenvalue weighted by atomic mass is 16.4. The van der Waals surface area contributed by atoms with Gasteiger partial charge < -0.3 is 20.4 Å². The summed E-state index contributed by atoms with van der Waals surface area (Å²) in [4.78, 5) is 25.3. The first-order valence-corrected chi connectivity index (χ1v) is 7.00. The Hall–Kier alpha value is -1.82. The quantitative estimate of drug-likeness (QED) is 0.822. The maximum atomic E-state index is 12.5. The Kier molecular flexibility index (Phi) is 4.79. The van der Waals surface area contributed by atoms with Crippen LogP contribution in [-0.2, 0) is 11.2 Å². The fraction of sp³-hybridized carbons (Fsp3) is 0.571. The Morgan fingerprint density at radius 2 is 2.30 bits per heavy atom.